The van der Waals surface area contributed by atoms with E-state index in [-0.39, 0.29) is 11.9 Å². The highest BCUT2D eigenvalue weighted by atomic mass is 19.1. The van der Waals surface area contributed by atoms with Crippen LogP contribution in [0.3, 0.4) is 0 Å². The van der Waals surface area contributed by atoms with Gasteiger partial charge in [-0.15, -0.1) is 0 Å². The van der Waals surface area contributed by atoms with Crippen LogP contribution in [0.15, 0.2) is 16.9 Å². The van der Waals surface area contributed by atoms with Gasteiger partial charge < -0.3 is 9.47 Å². The molecule has 106 valence electrons. The normalized spacial score (nSPS) is 15.2. The highest BCUT2D eigenvalue weighted by molar-refractivity contribution is 5.48. The molecule has 1 aromatic heterocycles. The number of aromatic nitrogens is 4. The number of aryl methyl sites for hydroxylation is 2. The Morgan fingerprint density at radius 1 is 1.40 bits per heavy atom. The molecule has 0 amide bonds. The lowest BCUT2D eigenvalue weighted by Crippen LogP contribution is -2.39. The van der Waals surface area contributed by atoms with Gasteiger partial charge >= 0.3 is 5.69 Å². The van der Waals surface area contributed by atoms with Gasteiger partial charge in [0.1, 0.15) is 23.4 Å². The fourth-order valence-electron chi connectivity index (χ4n) is 1.83. The summed E-state index contributed by atoms with van der Waals surface area (Å²) in [5, 5.41) is 7.39. The molecule has 0 spiro atoms. The number of ether oxygens (including phenoxy) is 2. The molecule has 3 rings (SSSR count). The molecule has 1 saturated heterocycles. The van der Waals surface area contributed by atoms with E-state index in [2.05, 4.69) is 10.4 Å². The molecule has 20 heavy (non-hydrogen) atoms. The Morgan fingerprint density at radius 2 is 2.15 bits per heavy atom. The second-order valence-corrected chi connectivity index (χ2v) is 4.64. The summed E-state index contributed by atoms with van der Waals surface area (Å²) in [7, 11) is 1.49. The minimum absolute atomic E-state index is 0.136. The second kappa shape index (κ2) is 4.71. The van der Waals surface area contributed by atoms with Crippen molar-refractivity contribution >= 4 is 0 Å². The summed E-state index contributed by atoms with van der Waals surface area (Å²) < 4.78 is 26.5. The molecule has 7 nitrogen and oxygen atoms in total. The van der Waals surface area contributed by atoms with Gasteiger partial charge in [0.15, 0.2) is 0 Å². The van der Waals surface area contributed by atoms with Gasteiger partial charge in [-0.2, -0.15) is 9.36 Å². The van der Waals surface area contributed by atoms with Crippen molar-refractivity contribution < 1.29 is 13.9 Å². The standard InChI is InChI=1S/C12H13FN4O3/c1-7-3-10(17-12(18)16(2)14-15-17)11(4-9(7)13)20-8-5-19-6-8/h3-4,8H,5-6H2,1-2H3. The van der Waals surface area contributed by atoms with Crippen LogP contribution in [-0.4, -0.2) is 39.1 Å². The van der Waals surface area contributed by atoms with Crippen LogP contribution >= 0.6 is 0 Å². The van der Waals surface area contributed by atoms with E-state index in [0.717, 1.165) is 9.36 Å². The molecule has 8 heteroatoms. The van der Waals surface area contributed by atoms with Crippen molar-refractivity contribution in [2.24, 2.45) is 7.05 Å². The van der Waals surface area contributed by atoms with Gasteiger partial charge in [-0.25, -0.2) is 9.18 Å². The maximum Gasteiger partial charge on any atom is 0.368 e. The summed E-state index contributed by atoms with van der Waals surface area (Å²) >= 11 is 0. The van der Waals surface area contributed by atoms with Crippen molar-refractivity contribution in [3.8, 4) is 11.4 Å². The van der Waals surface area contributed by atoms with Crippen molar-refractivity contribution in [2.45, 2.75) is 13.0 Å². The molecular weight excluding hydrogens is 267 g/mol. The van der Waals surface area contributed by atoms with Crippen molar-refractivity contribution in [3.63, 3.8) is 0 Å². The molecule has 2 aromatic rings. The quantitative estimate of drug-likeness (QED) is 0.802. The fraction of sp³-hybridized carbons (Fsp3) is 0.417. The Hall–Kier alpha value is -2.22. The summed E-state index contributed by atoms with van der Waals surface area (Å²) in [6.07, 6.45) is -0.136. The third-order valence-electron chi connectivity index (χ3n) is 3.09. The predicted molar refractivity (Wildman–Crippen MR) is 66.5 cm³/mol. The summed E-state index contributed by atoms with van der Waals surface area (Å²) in [4.78, 5) is 11.9. The second-order valence-electron chi connectivity index (χ2n) is 4.64. The molecule has 0 radical (unpaired) electrons. The Kier molecular flexibility index (Phi) is 3.01. The monoisotopic (exact) mass is 280 g/mol. The maximum absolute atomic E-state index is 13.7. The lowest BCUT2D eigenvalue weighted by molar-refractivity contribution is -0.0797. The largest absolute Gasteiger partial charge is 0.483 e. The number of nitrogens with zero attached hydrogens (tertiary/aromatic N) is 4. The van der Waals surface area contributed by atoms with Crippen LogP contribution < -0.4 is 10.4 Å². The maximum atomic E-state index is 13.7. The average molecular weight is 280 g/mol. The van der Waals surface area contributed by atoms with Gasteiger partial charge in [-0.05, 0) is 29.0 Å². The third-order valence-corrected chi connectivity index (χ3v) is 3.09. The van der Waals surface area contributed by atoms with Crippen LogP contribution in [0.2, 0.25) is 0 Å². The van der Waals surface area contributed by atoms with E-state index in [0.29, 0.717) is 24.5 Å². The molecule has 0 N–H and O–H groups in total. The zero-order chi connectivity index (χ0) is 14.3. The average Bonchev–Trinajstić information content (AvgIpc) is 2.69. The van der Waals surface area contributed by atoms with Crippen molar-refractivity contribution in [2.75, 3.05) is 13.2 Å². The molecule has 2 heterocycles. The van der Waals surface area contributed by atoms with Crippen LogP contribution in [0.5, 0.6) is 5.75 Å². The Morgan fingerprint density at radius 3 is 2.70 bits per heavy atom. The Labute approximate surface area is 113 Å². The molecule has 1 fully saturated rings. The zero-order valence-electron chi connectivity index (χ0n) is 11.0. The SMILES string of the molecule is Cc1cc(-n2nnn(C)c2=O)c(OC2COC2)cc1F. The van der Waals surface area contributed by atoms with E-state index in [9.17, 15) is 9.18 Å². The van der Waals surface area contributed by atoms with Gasteiger partial charge in [0.2, 0.25) is 0 Å². The Balaban J connectivity index is 2.09. The first-order valence-corrected chi connectivity index (χ1v) is 6.10. The molecule has 0 saturated carbocycles. The zero-order valence-corrected chi connectivity index (χ0v) is 11.0. The number of tetrazole rings is 1. The number of benzene rings is 1. The van der Waals surface area contributed by atoms with E-state index in [4.69, 9.17) is 9.47 Å². The molecule has 0 aliphatic carbocycles. The van der Waals surface area contributed by atoms with Crippen LogP contribution in [-0.2, 0) is 11.8 Å². The smallest absolute Gasteiger partial charge is 0.368 e. The lowest BCUT2D eigenvalue weighted by Gasteiger charge is -2.27. The first kappa shape index (κ1) is 12.8. The van der Waals surface area contributed by atoms with Gasteiger partial charge in [0.05, 0.1) is 13.2 Å². The molecule has 0 atom stereocenters. The van der Waals surface area contributed by atoms with E-state index in [1.165, 1.54) is 19.2 Å². The molecular formula is C12H13FN4O3. The van der Waals surface area contributed by atoms with Crippen molar-refractivity contribution in [1.29, 1.82) is 0 Å². The minimum atomic E-state index is -0.425. The highest BCUT2D eigenvalue weighted by Crippen LogP contribution is 2.27. The molecule has 0 unspecified atom stereocenters. The molecule has 1 aromatic carbocycles. The minimum Gasteiger partial charge on any atom is -0.483 e. The third kappa shape index (κ3) is 2.07. The topological polar surface area (TPSA) is 71.2 Å². The number of halogens is 1. The first-order valence-electron chi connectivity index (χ1n) is 6.10. The van der Waals surface area contributed by atoms with E-state index >= 15 is 0 Å². The first-order chi connectivity index (χ1) is 9.56. The fourth-order valence-corrected chi connectivity index (χ4v) is 1.83. The summed E-state index contributed by atoms with van der Waals surface area (Å²) in [6.45, 7) is 2.51. The summed E-state index contributed by atoms with van der Waals surface area (Å²) in [6, 6.07) is 2.77. The summed E-state index contributed by atoms with van der Waals surface area (Å²) in [5.41, 5.74) is 0.342. The molecule has 0 bridgehead atoms. The van der Waals surface area contributed by atoms with Crippen molar-refractivity contribution in [1.82, 2.24) is 19.8 Å². The van der Waals surface area contributed by atoms with Gasteiger partial charge in [-0.1, -0.05) is 0 Å². The van der Waals surface area contributed by atoms with Crippen molar-refractivity contribution in [3.05, 3.63) is 34.0 Å². The molecule has 1 aliphatic heterocycles. The van der Waals surface area contributed by atoms with Gasteiger partial charge in [0, 0.05) is 13.1 Å². The number of hydrogen-bond donors (Lipinski definition) is 0. The van der Waals surface area contributed by atoms with Crippen LogP contribution in [0, 0.1) is 12.7 Å². The highest BCUT2D eigenvalue weighted by Gasteiger charge is 2.23. The number of hydrogen-bond acceptors (Lipinski definition) is 5. The molecule has 1 aliphatic rings. The van der Waals surface area contributed by atoms with E-state index in [1.807, 2.05) is 0 Å². The lowest BCUT2D eigenvalue weighted by atomic mass is 10.2. The van der Waals surface area contributed by atoms with Gasteiger partial charge in [-0.3, -0.25) is 0 Å². The van der Waals surface area contributed by atoms with Gasteiger partial charge in [0.25, 0.3) is 0 Å². The summed E-state index contributed by atoms with van der Waals surface area (Å²) in [5.74, 6) is -0.148. The number of rotatable bonds is 3. The van der Waals surface area contributed by atoms with Crippen LogP contribution in [0.1, 0.15) is 5.56 Å². The van der Waals surface area contributed by atoms with E-state index < -0.39 is 11.5 Å². The van der Waals surface area contributed by atoms with Crippen LogP contribution in [0.25, 0.3) is 5.69 Å². The Bertz CT molecular complexity index is 705. The van der Waals surface area contributed by atoms with Crippen LogP contribution in [0.4, 0.5) is 4.39 Å². The predicted octanol–water partition coefficient (Wildman–Crippen LogP) is 0.191. The van der Waals surface area contributed by atoms with E-state index in [1.54, 1.807) is 6.92 Å².